The maximum atomic E-state index is 13.6. The van der Waals surface area contributed by atoms with Crippen molar-refractivity contribution < 1.29 is 9.18 Å². The van der Waals surface area contributed by atoms with Gasteiger partial charge in [0, 0.05) is 33.4 Å². The van der Waals surface area contributed by atoms with Gasteiger partial charge >= 0.3 is 0 Å². The maximum Gasteiger partial charge on any atom is 0.227 e. The van der Waals surface area contributed by atoms with Crippen molar-refractivity contribution in [2.45, 2.75) is 13.0 Å². The maximum absolute atomic E-state index is 13.6. The highest BCUT2D eigenvalue weighted by Gasteiger charge is 2.12. The number of carbonyl (C=O) groups excluding carboxylic acids is 1. The summed E-state index contributed by atoms with van der Waals surface area (Å²) >= 11 is 0. The van der Waals surface area contributed by atoms with Crippen LogP contribution in [0.1, 0.15) is 11.1 Å². The van der Waals surface area contributed by atoms with Crippen LogP contribution >= 0.6 is 0 Å². The summed E-state index contributed by atoms with van der Waals surface area (Å²) in [6, 6.07) is 14.4. The molecule has 116 valence electrons. The summed E-state index contributed by atoms with van der Waals surface area (Å²) in [7, 11) is 5.71. The highest BCUT2D eigenvalue weighted by atomic mass is 19.1. The third-order valence-electron chi connectivity index (χ3n) is 3.60. The van der Waals surface area contributed by atoms with Crippen LogP contribution in [0.5, 0.6) is 0 Å². The number of halogens is 1. The fourth-order valence-electron chi connectivity index (χ4n) is 2.20. The van der Waals surface area contributed by atoms with Crippen molar-refractivity contribution in [3.8, 4) is 0 Å². The average molecular weight is 300 g/mol. The summed E-state index contributed by atoms with van der Waals surface area (Å²) in [4.78, 5) is 15.8. The molecule has 2 rings (SSSR count). The number of hydrogen-bond acceptors (Lipinski definition) is 2. The number of hydrogen-bond donors (Lipinski definition) is 0. The molecule has 0 spiro atoms. The molecule has 0 saturated heterocycles. The SMILES string of the molecule is CN(Cc1ccc(N(C)C)cc1)C(=O)Cc1ccccc1F. The van der Waals surface area contributed by atoms with Crippen LogP contribution in [-0.2, 0) is 17.8 Å². The first-order chi connectivity index (χ1) is 10.5. The van der Waals surface area contributed by atoms with E-state index < -0.39 is 0 Å². The average Bonchev–Trinajstić information content (AvgIpc) is 2.50. The molecule has 0 aliphatic carbocycles. The molecule has 0 fully saturated rings. The molecule has 2 aromatic carbocycles. The van der Waals surface area contributed by atoms with E-state index >= 15 is 0 Å². The molecule has 4 heteroatoms. The number of nitrogens with zero attached hydrogens (tertiary/aromatic N) is 2. The van der Waals surface area contributed by atoms with Gasteiger partial charge in [0.25, 0.3) is 0 Å². The third-order valence-corrected chi connectivity index (χ3v) is 3.60. The Balaban J connectivity index is 1.98. The van der Waals surface area contributed by atoms with Gasteiger partial charge in [-0.2, -0.15) is 0 Å². The summed E-state index contributed by atoms with van der Waals surface area (Å²) < 4.78 is 13.6. The monoisotopic (exact) mass is 300 g/mol. The van der Waals surface area contributed by atoms with Gasteiger partial charge in [-0.1, -0.05) is 30.3 Å². The van der Waals surface area contributed by atoms with Gasteiger partial charge in [-0.3, -0.25) is 4.79 Å². The molecule has 0 aliphatic rings. The number of benzene rings is 2. The van der Waals surface area contributed by atoms with Crippen molar-refractivity contribution in [3.63, 3.8) is 0 Å². The van der Waals surface area contributed by atoms with E-state index in [0.717, 1.165) is 11.3 Å². The van der Waals surface area contributed by atoms with Crippen LogP contribution in [0.4, 0.5) is 10.1 Å². The van der Waals surface area contributed by atoms with Gasteiger partial charge in [-0.05, 0) is 29.3 Å². The third kappa shape index (κ3) is 4.07. The predicted molar refractivity (Wildman–Crippen MR) is 87.3 cm³/mol. The Morgan fingerprint density at radius 2 is 1.64 bits per heavy atom. The van der Waals surface area contributed by atoms with Gasteiger partial charge in [-0.15, -0.1) is 0 Å². The van der Waals surface area contributed by atoms with Crippen molar-refractivity contribution in [3.05, 3.63) is 65.5 Å². The molecule has 0 bridgehead atoms. The molecule has 1 amide bonds. The molecule has 0 saturated carbocycles. The van der Waals surface area contributed by atoms with Crippen molar-refractivity contribution >= 4 is 11.6 Å². The molecule has 0 aliphatic heterocycles. The lowest BCUT2D eigenvalue weighted by atomic mass is 10.1. The lowest BCUT2D eigenvalue weighted by molar-refractivity contribution is -0.129. The first kappa shape index (κ1) is 16.0. The van der Waals surface area contributed by atoms with Gasteiger partial charge in [-0.25, -0.2) is 4.39 Å². The van der Waals surface area contributed by atoms with Crippen LogP contribution in [0.2, 0.25) is 0 Å². The van der Waals surface area contributed by atoms with Crippen molar-refractivity contribution in [1.82, 2.24) is 4.90 Å². The Hall–Kier alpha value is -2.36. The van der Waals surface area contributed by atoms with Crippen LogP contribution in [0.15, 0.2) is 48.5 Å². The van der Waals surface area contributed by atoms with Crippen molar-refractivity contribution in [1.29, 1.82) is 0 Å². The van der Waals surface area contributed by atoms with Gasteiger partial charge < -0.3 is 9.80 Å². The Bertz CT molecular complexity index is 638. The summed E-state index contributed by atoms with van der Waals surface area (Å²) in [6.45, 7) is 0.515. The summed E-state index contributed by atoms with van der Waals surface area (Å²) in [5, 5.41) is 0. The van der Waals surface area contributed by atoms with Crippen LogP contribution in [0, 0.1) is 5.82 Å². The minimum Gasteiger partial charge on any atom is -0.378 e. The molecule has 3 nitrogen and oxygen atoms in total. The first-order valence-electron chi connectivity index (χ1n) is 7.21. The zero-order valence-corrected chi connectivity index (χ0v) is 13.2. The van der Waals surface area contributed by atoms with E-state index in [9.17, 15) is 9.18 Å². The largest absolute Gasteiger partial charge is 0.378 e. The summed E-state index contributed by atoms with van der Waals surface area (Å²) in [6.07, 6.45) is 0.0823. The molecule has 0 unspecified atom stereocenters. The normalized spacial score (nSPS) is 10.4. The lowest BCUT2D eigenvalue weighted by Gasteiger charge is -2.18. The Labute approximate surface area is 131 Å². The van der Waals surface area contributed by atoms with E-state index in [0.29, 0.717) is 12.1 Å². The van der Waals surface area contributed by atoms with Gasteiger partial charge in [0.2, 0.25) is 5.91 Å². The van der Waals surface area contributed by atoms with Gasteiger partial charge in [0.05, 0.1) is 6.42 Å². The van der Waals surface area contributed by atoms with E-state index in [1.807, 2.05) is 43.3 Å². The predicted octanol–water partition coefficient (Wildman–Crippen LogP) is 3.09. The number of amides is 1. The molecule has 0 aromatic heterocycles. The fraction of sp³-hybridized carbons (Fsp3) is 0.278. The van der Waals surface area contributed by atoms with Gasteiger partial charge in [0.1, 0.15) is 5.82 Å². The van der Waals surface area contributed by atoms with Gasteiger partial charge in [0.15, 0.2) is 0 Å². The van der Waals surface area contributed by atoms with E-state index in [-0.39, 0.29) is 18.1 Å². The minimum atomic E-state index is -0.334. The fourth-order valence-corrected chi connectivity index (χ4v) is 2.20. The van der Waals surface area contributed by atoms with Crippen LogP contribution in [0.25, 0.3) is 0 Å². The van der Waals surface area contributed by atoms with Crippen LogP contribution in [0.3, 0.4) is 0 Å². The van der Waals surface area contributed by atoms with E-state index in [4.69, 9.17) is 0 Å². The molecule has 0 N–H and O–H groups in total. The zero-order valence-electron chi connectivity index (χ0n) is 13.2. The molecule has 0 heterocycles. The molecule has 0 radical (unpaired) electrons. The second kappa shape index (κ2) is 7.07. The Morgan fingerprint density at radius 1 is 1.00 bits per heavy atom. The summed E-state index contributed by atoms with van der Waals surface area (Å²) in [5.74, 6) is -0.429. The number of rotatable bonds is 5. The van der Waals surface area contributed by atoms with Crippen LogP contribution < -0.4 is 4.90 Å². The highest BCUT2D eigenvalue weighted by Crippen LogP contribution is 2.14. The number of anilines is 1. The van der Waals surface area contributed by atoms with E-state index in [1.165, 1.54) is 6.07 Å². The molecule has 0 atom stereocenters. The Kier molecular flexibility index (Phi) is 5.15. The number of likely N-dealkylation sites (N-methyl/N-ethyl adjacent to an activating group) is 1. The van der Waals surface area contributed by atoms with Crippen LogP contribution in [-0.4, -0.2) is 32.0 Å². The number of carbonyl (C=O) groups is 1. The molecule has 22 heavy (non-hydrogen) atoms. The van der Waals surface area contributed by atoms with Crippen molar-refractivity contribution in [2.75, 3.05) is 26.0 Å². The molecular formula is C18H21FN2O. The van der Waals surface area contributed by atoms with Crippen molar-refractivity contribution in [2.24, 2.45) is 0 Å². The minimum absolute atomic E-state index is 0.0823. The molecule has 2 aromatic rings. The molecular weight excluding hydrogens is 279 g/mol. The lowest BCUT2D eigenvalue weighted by Crippen LogP contribution is -2.28. The second-order valence-electron chi connectivity index (χ2n) is 5.58. The topological polar surface area (TPSA) is 23.6 Å². The van der Waals surface area contributed by atoms with E-state index in [2.05, 4.69) is 0 Å². The highest BCUT2D eigenvalue weighted by molar-refractivity contribution is 5.78. The zero-order chi connectivity index (χ0) is 16.1. The van der Waals surface area contributed by atoms with E-state index in [1.54, 1.807) is 30.1 Å². The smallest absolute Gasteiger partial charge is 0.227 e. The standard InChI is InChI=1S/C18H21FN2O/c1-20(2)16-10-8-14(9-11-16)13-21(3)18(22)12-15-6-4-5-7-17(15)19/h4-11H,12-13H2,1-3H3. The quantitative estimate of drug-likeness (QED) is 0.847. The summed E-state index contributed by atoms with van der Waals surface area (Å²) in [5.41, 5.74) is 2.60. The first-order valence-corrected chi connectivity index (χ1v) is 7.21. The second-order valence-corrected chi connectivity index (χ2v) is 5.58. The Morgan fingerprint density at radius 3 is 2.23 bits per heavy atom.